The Kier molecular flexibility index (Phi) is 3.56. The zero-order valence-corrected chi connectivity index (χ0v) is 14.1. The fourth-order valence-corrected chi connectivity index (χ4v) is 3.35. The first-order valence-corrected chi connectivity index (χ1v) is 7.89. The third-order valence-corrected chi connectivity index (χ3v) is 4.20. The molecule has 0 atom stereocenters. The first kappa shape index (κ1) is 14.8. The third-order valence-electron chi connectivity index (χ3n) is 4.20. The van der Waals surface area contributed by atoms with Gasteiger partial charge in [0.15, 0.2) is 0 Å². The van der Waals surface area contributed by atoms with Gasteiger partial charge in [-0.05, 0) is 51.8 Å². The van der Waals surface area contributed by atoms with Crippen LogP contribution >= 0.6 is 0 Å². The van der Waals surface area contributed by atoms with Gasteiger partial charge in [0.25, 0.3) is 0 Å². The summed E-state index contributed by atoms with van der Waals surface area (Å²) in [4.78, 5) is 5.07. The van der Waals surface area contributed by atoms with Crippen LogP contribution in [0, 0.1) is 20.8 Å². The molecule has 2 aromatic rings. The Morgan fingerprint density at radius 3 is 2.32 bits per heavy atom. The molecule has 1 N–H and O–H groups in total. The van der Waals surface area contributed by atoms with Crippen molar-refractivity contribution in [1.82, 2.24) is 0 Å². The summed E-state index contributed by atoms with van der Waals surface area (Å²) in [5.41, 5.74) is 8.52. The van der Waals surface area contributed by atoms with Crippen molar-refractivity contribution in [2.45, 2.75) is 46.6 Å². The highest BCUT2D eigenvalue weighted by molar-refractivity contribution is 6.08. The second-order valence-electron chi connectivity index (χ2n) is 7.04. The fraction of sp³-hybridized carbons (Fsp3) is 0.350. The van der Waals surface area contributed by atoms with Gasteiger partial charge in [0, 0.05) is 23.2 Å². The van der Waals surface area contributed by atoms with Crippen molar-refractivity contribution in [3.8, 4) is 0 Å². The molecule has 1 aliphatic rings. The van der Waals surface area contributed by atoms with Gasteiger partial charge in [-0.3, -0.25) is 4.99 Å². The molecule has 0 aliphatic carbocycles. The van der Waals surface area contributed by atoms with Crippen LogP contribution in [0.5, 0.6) is 0 Å². The van der Waals surface area contributed by atoms with E-state index in [1.807, 2.05) is 0 Å². The maximum absolute atomic E-state index is 5.07. The zero-order chi connectivity index (χ0) is 15.9. The molecular formula is C20H24N2. The standard InChI is InChI=1S/C20H24N2/c1-13-10-14(2)19(15(3)11-13)21-18-12-20(4,5)22-17-9-7-6-8-16(17)18/h6-11,22H,12H2,1-5H3. The van der Waals surface area contributed by atoms with Crippen LogP contribution in [-0.4, -0.2) is 11.3 Å². The van der Waals surface area contributed by atoms with Gasteiger partial charge < -0.3 is 5.32 Å². The lowest BCUT2D eigenvalue weighted by atomic mass is 9.87. The summed E-state index contributed by atoms with van der Waals surface area (Å²) in [6.45, 7) is 10.9. The van der Waals surface area contributed by atoms with Gasteiger partial charge in [0.2, 0.25) is 0 Å². The predicted molar refractivity (Wildman–Crippen MR) is 95.6 cm³/mol. The molecule has 0 amide bonds. The number of hydrogen-bond donors (Lipinski definition) is 1. The van der Waals surface area contributed by atoms with Crippen molar-refractivity contribution in [1.29, 1.82) is 0 Å². The highest BCUT2D eigenvalue weighted by Gasteiger charge is 2.28. The van der Waals surface area contributed by atoms with Crippen LogP contribution in [0.4, 0.5) is 11.4 Å². The number of aryl methyl sites for hydroxylation is 3. The predicted octanol–water partition coefficient (Wildman–Crippen LogP) is 5.33. The largest absolute Gasteiger partial charge is 0.379 e. The van der Waals surface area contributed by atoms with Gasteiger partial charge in [0.1, 0.15) is 0 Å². The Morgan fingerprint density at radius 2 is 1.64 bits per heavy atom. The second kappa shape index (κ2) is 5.28. The Labute approximate surface area is 133 Å². The number of hydrogen-bond acceptors (Lipinski definition) is 2. The van der Waals surface area contributed by atoms with E-state index in [-0.39, 0.29) is 5.54 Å². The fourth-order valence-electron chi connectivity index (χ4n) is 3.35. The minimum absolute atomic E-state index is 0.0275. The lowest BCUT2D eigenvalue weighted by molar-refractivity contribution is 0.585. The van der Waals surface area contributed by atoms with Gasteiger partial charge in [-0.25, -0.2) is 0 Å². The van der Waals surface area contributed by atoms with E-state index in [4.69, 9.17) is 4.99 Å². The molecule has 0 aromatic heterocycles. The number of rotatable bonds is 1. The Balaban J connectivity index is 2.16. The number of nitrogens with one attached hydrogen (secondary N) is 1. The molecule has 0 radical (unpaired) electrons. The van der Waals surface area contributed by atoms with Crippen molar-refractivity contribution >= 4 is 17.1 Å². The van der Waals surface area contributed by atoms with Crippen molar-refractivity contribution < 1.29 is 0 Å². The molecule has 2 heteroatoms. The lowest BCUT2D eigenvalue weighted by Gasteiger charge is -2.34. The zero-order valence-electron chi connectivity index (χ0n) is 14.1. The van der Waals surface area contributed by atoms with E-state index >= 15 is 0 Å². The summed E-state index contributed by atoms with van der Waals surface area (Å²) in [6.07, 6.45) is 0.927. The molecule has 1 heterocycles. The molecule has 3 rings (SSSR count). The number of nitrogens with zero attached hydrogens (tertiary/aromatic N) is 1. The van der Waals surface area contributed by atoms with E-state index in [0.717, 1.165) is 12.1 Å². The number of anilines is 1. The average molecular weight is 292 g/mol. The third kappa shape index (κ3) is 2.78. The van der Waals surface area contributed by atoms with Gasteiger partial charge in [-0.1, -0.05) is 35.9 Å². The number of fused-ring (bicyclic) bond motifs is 1. The van der Waals surface area contributed by atoms with Crippen molar-refractivity contribution in [2.24, 2.45) is 4.99 Å². The first-order valence-electron chi connectivity index (χ1n) is 7.89. The molecule has 0 unspecified atom stereocenters. The molecule has 0 bridgehead atoms. The van der Waals surface area contributed by atoms with Crippen LogP contribution in [-0.2, 0) is 0 Å². The Bertz CT molecular complexity index is 731. The summed E-state index contributed by atoms with van der Waals surface area (Å²) in [5, 5.41) is 3.61. The van der Waals surface area contributed by atoms with E-state index < -0.39 is 0 Å². The first-order chi connectivity index (χ1) is 10.4. The topological polar surface area (TPSA) is 24.4 Å². The molecule has 114 valence electrons. The molecule has 0 saturated heterocycles. The van der Waals surface area contributed by atoms with E-state index in [9.17, 15) is 0 Å². The molecule has 0 fully saturated rings. The Hall–Kier alpha value is -2.09. The molecule has 2 aromatic carbocycles. The maximum atomic E-state index is 5.07. The highest BCUT2D eigenvalue weighted by atomic mass is 15.0. The molecule has 1 aliphatic heterocycles. The quantitative estimate of drug-likeness (QED) is 0.755. The van der Waals surface area contributed by atoms with E-state index in [1.165, 1.54) is 33.7 Å². The summed E-state index contributed by atoms with van der Waals surface area (Å²) in [6, 6.07) is 12.9. The normalized spacial score (nSPS) is 18.0. The second-order valence-corrected chi connectivity index (χ2v) is 7.04. The van der Waals surface area contributed by atoms with Crippen molar-refractivity contribution in [2.75, 3.05) is 5.32 Å². The van der Waals surface area contributed by atoms with Gasteiger partial charge in [-0.2, -0.15) is 0 Å². The van der Waals surface area contributed by atoms with Crippen LogP contribution in [0.15, 0.2) is 41.4 Å². The molecule has 2 nitrogen and oxygen atoms in total. The van der Waals surface area contributed by atoms with Crippen molar-refractivity contribution in [3.05, 3.63) is 58.7 Å². The van der Waals surface area contributed by atoms with Crippen LogP contribution in [0.1, 0.15) is 42.5 Å². The minimum Gasteiger partial charge on any atom is -0.379 e. The molecule has 0 spiro atoms. The molecule has 22 heavy (non-hydrogen) atoms. The van der Waals surface area contributed by atoms with Crippen LogP contribution in [0.3, 0.4) is 0 Å². The lowest BCUT2D eigenvalue weighted by Crippen LogP contribution is -2.38. The summed E-state index contributed by atoms with van der Waals surface area (Å²) in [5.74, 6) is 0. The van der Waals surface area contributed by atoms with E-state index in [2.05, 4.69) is 76.3 Å². The number of aliphatic imine (C=N–C) groups is 1. The van der Waals surface area contributed by atoms with Gasteiger partial charge in [-0.15, -0.1) is 0 Å². The highest BCUT2D eigenvalue weighted by Crippen LogP contribution is 2.34. The summed E-state index contributed by atoms with van der Waals surface area (Å²) < 4.78 is 0. The van der Waals surface area contributed by atoms with Gasteiger partial charge in [0.05, 0.1) is 11.4 Å². The van der Waals surface area contributed by atoms with Gasteiger partial charge >= 0.3 is 0 Å². The summed E-state index contributed by atoms with van der Waals surface area (Å²) in [7, 11) is 0. The van der Waals surface area contributed by atoms with Crippen LogP contribution < -0.4 is 5.32 Å². The van der Waals surface area contributed by atoms with E-state index in [0.29, 0.717) is 0 Å². The number of benzene rings is 2. The smallest absolute Gasteiger partial charge is 0.0691 e. The summed E-state index contributed by atoms with van der Waals surface area (Å²) >= 11 is 0. The molecular weight excluding hydrogens is 268 g/mol. The Morgan fingerprint density at radius 1 is 1.00 bits per heavy atom. The number of para-hydroxylation sites is 1. The van der Waals surface area contributed by atoms with E-state index in [1.54, 1.807) is 0 Å². The average Bonchev–Trinajstić information content (AvgIpc) is 2.41. The minimum atomic E-state index is 0.0275. The SMILES string of the molecule is Cc1cc(C)c(N=C2CC(C)(C)Nc3ccccc32)c(C)c1. The monoisotopic (exact) mass is 292 g/mol. The van der Waals surface area contributed by atoms with Crippen LogP contribution in [0.2, 0.25) is 0 Å². The van der Waals surface area contributed by atoms with Crippen molar-refractivity contribution in [3.63, 3.8) is 0 Å². The maximum Gasteiger partial charge on any atom is 0.0691 e. The molecule has 0 saturated carbocycles. The van der Waals surface area contributed by atoms with Crippen LogP contribution in [0.25, 0.3) is 0 Å².